The topological polar surface area (TPSA) is 154 Å². The van der Waals surface area contributed by atoms with Gasteiger partial charge in [0.2, 0.25) is 0 Å². The smallest absolute Gasteiger partial charge is 0.347 e. The van der Waals surface area contributed by atoms with Crippen LogP contribution < -0.4 is 17.1 Å². The summed E-state index contributed by atoms with van der Waals surface area (Å²) in [5.74, 6) is -1.77. The van der Waals surface area contributed by atoms with Crippen LogP contribution in [0.5, 0.6) is 0 Å². The Balaban J connectivity index is 1.71. The largest absolute Gasteiger partial charge is 0.480 e. The maximum Gasteiger partial charge on any atom is 0.347 e. The summed E-state index contributed by atoms with van der Waals surface area (Å²) in [6.07, 6.45) is 0.321. The summed E-state index contributed by atoms with van der Waals surface area (Å²) in [6.45, 7) is 1.68. The molecule has 5 N–H and O–H groups in total. The van der Waals surface area contributed by atoms with Crippen LogP contribution in [0.1, 0.15) is 51.1 Å². The van der Waals surface area contributed by atoms with Crippen LogP contribution in [0.2, 0.25) is 0 Å². The fourth-order valence-electron chi connectivity index (χ4n) is 3.66. The van der Waals surface area contributed by atoms with E-state index in [2.05, 4.69) is 0 Å². The number of benzene rings is 2. The molecule has 3 rings (SSSR count). The lowest BCUT2D eigenvalue weighted by Crippen LogP contribution is -2.32. The van der Waals surface area contributed by atoms with Crippen molar-refractivity contribution in [2.75, 3.05) is 5.73 Å². The van der Waals surface area contributed by atoms with Crippen molar-refractivity contribution in [1.29, 1.82) is 0 Å². The normalized spacial score (nSPS) is 11.9. The lowest BCUT2D eigenvalue weighted by atomic mass is 9.94. The highest BCUT2D eigenvalue weighted by molar-refractivity contribution is 6.02. The van der Waals surface area contributed by atoms with Gasteiger partial charge in [0.25, 0.3) is 0 Å². The van der Waals surface area contributed by atoms with Crippen molar-refractivity contribution in [3.8, 4) is 0 Å². The molecule has 0 radical (unpaired) electrons. The quantitative estimate of drug-likeness (QED) is 0.263. The maximum atomic E-state index is 12.7. The lowest BCUT2D eigenvalue weighted by Gasteiger charge is -2.11. The van der Waals surface area contributed by atoms with Gasteiger partial charge in [-0.3, -0.25) is 14.4 Å². The first-order chi connectivity index (χ1) is 15.2. The molecule has 0 saturated heterocycles. The van der Waals surface area contributed by atoms with Crippen LogP contribution in [0.25, 0.3) is 11.0 Å². The summed E-state index contributed by atoms with van der Waals surface area (Å²) in [5.41, 5.74) is 12.8. The Bertz CT molecular complexity index is 1260. The zero-order valence-electron chi connectivity index (χ0n) is 17.6. The fourth-order valence-corrected chi connectivity index (χ4v) is 3.66. The van der Waals surface area contributed by atoms with Crippen LogP contribution in [0.3, 0.4) is 0 Å². The number of aryl methyl sites for hydroxylation is 1. The highest BCUT2D eigenvalue weighted by Crippen LogP contribution is 2.23. The van der Waals surface area contributed by atoms with Crippen molar-refractivity contribution < 1.29 is 23.9 Å². The average molecular weight is 436 g/mol. The van der Waals surface area contributed by atoms with Crippen LogP contribution in [-0.2, 0) is 11.2 Å². The molecule has 3 aromatic rings. The first-order valence-electron chi connectivity index (χ1n) is 10.1. The Morgan fingerprint density at radius 2 is 1.75 bits per heavy atom. The van der Waals surface area contributed by atoms with Crippen LogP contribution >= 0.6 is 0 Å². The van der Waals surface area contributed by atoms with Gasteiger partial charge in [-0.25, -0.2) is 4.79 Å². The van der Waals surface area contributed by atoms with E-state index >= 15 is 0 Å². The Labute approximate surface area is 183 Å². The van der Waals surface area contributed by atoms with E-state index < -0.39 is 23.4 Å². The first-order valence-corrected chi connectivity index (χ1v) is 10.1. The molecule has 2 aromatic carbocycles. The van der Waals surface area contributed by atoms with Gasteiger partial charge in [0, 0.05) is 35.5 Å². The number of Topliss-reactive ketones (excluding diaryl/α,β-unsaturated/α-hetero) is 2. The molecule has 0 amide bonds. The van der Waals surface area contributed by atoms with E-state index in [1.165, 1.54) is 6.07 Å². The van der Waals surface area contributed by atoms with Gasteiger partial charge in [-0.1, -0.05) is 24.3 Å². The second kappa shape index (κ2) is 9.57. The Morgan fingerprint density at radius 1 is 1.06 bits per heavy atom. The SMILES string of the molecule is Cc1c(C(=O)CCCC(=O)c2ccccc2CC(N)C(=O)O)c(=O)oc2cc(N)ccc12. The lowest BCUT2D eigenvalue weighted by molar-refractivity contribution is -0.138. The summed E-state index contributed by atoms with van der Waals surface area (Å²) < 4.78 is 5.26. The molecule has 1 aromatic heterocycles. The molecular formula is C24H24N2O6. The van der Waals surface area contributed by atoms with Crippen LogP contribution in [-0.4, -0.2) is 28.7 Å². The van der Waals surface area contributed by atoms with Crippen molar-refractivity contribution in [3.63, 3.8) is 0 Å². The van der Waals surface area contributed by atoms with E-state index in [1.54, 1.807) is 43.3 Å². The minimum absolute atomic E-state index is 0.00533. The Morgan fingerprint density at radius 3 is 2.47 bits per heavy atom. The molecule has 0 fully saturated rings. The third kappa shape index (κ3) is 4.92. The van der Waals surface area contributed by atoms with Crippen molar-refractivity contribution in [3.05, 3.63) is 75.1 Å². The summed E-state index contributed by atoms with van der Waals surface area (Å²) in [5, 5.41) is 9.65. The molecule has 0 aliphatic rings. The second-order valence-electron chi connectivity index (χ2n) is 7.65. The highest BCUT2D eigenvalue weighted by atomic mass is 16.4. The van der Waals surface area contributed by atoms with Crippen LogP contribution in [0.4, 0.5) is 5.69 Å². The van der Waals surface area contributed by atoms with E-state index in [4.69, 9.17) is 21.0 Å². The molecule has 166 valence electrons. The second-order valence-corrected chi connectivity index (χ2v) is 7.65. The predicted octanol–water partition coefficient (Wildman–Crippen LogP) is 2.87. The molecule has 0 bridgehead atoms. The number of carboxylic acids is 1. The number of nitrogen functional groups attached to an aromatic ring is 1. The van der Waals surface area contributed by atoms with E-state index in [1.807, 2.05) is 0 Å². The van der Waals surface area contributed by atoms with Crippen molar-refractivity contribution in [2.24, 2.45) is 5.73 Å². The number of aliphatic carboxylic acids is 1. The standard InChI is InChI=1S/C24H24N2O6/c1-13-16-10-9-15(25)12-21(16)32-24(31)22(13)20(28)8-4-7-19(27)17-6-3-2-5-14(17)11-18(26)23(29)30/h2-3,5-6,9-10,12,18H,4,7-8,11,25-26H2,1H3,(H,29,30). The summed E-state index contributed by atoms with van der Waals surface area (Å²) in [7, 11) is 0. The van der Waals surface area contributed by atoms with Crippen molar-refractivity contribution in [2.45, 2.75) is 38.6 Å². The third-order valence-electron chi connectivity index (χ3n) is 5.35. The van der Waals surface area contributed by atoms with Crippen LogP contribution in [0.15, 0.2) is 51.7 Å². The van der Waals surface area contributed by atoms with E-state index in [-0.39, 0.29) is 37.0 Å². The molecule has 1 heterocycles. The van der Waals surface area contributed by atoms with Crippen molar-refractivity contribution in [1.82, 2.24) is 0 Å². The number of carbonyl (C=O) groups is 3. The number of carbonyl (C=O) groups excluding carboxylic acids is 2. The molecule has 1 unspecified atom stereocenters. The molecule has 0 aliphatic carbocycles. The fraction of sp³-hybridized carbons (Fsp3) is 0.250. The molecule has 0 spiro atoms. The number of hydrogen-bond acceptors (Lipinski definition) is 7. The summed E-state index contributed by atoms with van der Waals surface area (Å²) >= 11 is 0. The molecule has 1 atom stereocenters. The van der Waals surface area contributed by atoms with Gasteiger partial charge in [0.1, 0.15) is 17.2 Å². The maximum absolute atomic E-state index is 12.7. The molecule has 8 nitrogen and oxygen atoms in total. The monoisotopic (exact) mass is 436 g/mol. The number of carboxylic acid groups (broad SMARTS) is 1. The van der Waals surface area contributed by atoms with Crippen molar-refractivity contribution >= 4 is 34.2 Å². The molecule has 32 heavy (non-hydrogen) atoms. The third-order valence-corrected chi connectivity index (χ3v) is 5.35. The Kier molecular flexibility index (Phi) is 6.85. The summed E-state index contributed by atoms with van der Waals surface area (Å²) in [6, 6.07) is 10.4. The number of rotatable bonds is 9. The van der Waals surface area contributed by atoms with Gasteiger partial charge >= 0.3 is 11.6 Å². The highest BCUT2D eigenvalue weighted by Gasteiger charge is 2.20. The van der Waals surface area contributed by atoms with Gasteiger partial charge in [0.05, 0.1) is 0 Å². The van der Waals surface area contributed by atoms with Gasteiger partial charge in [-0.15, -0.1) is 0 Å². The van der Waals surface area contributed by atoms with Crippen LogP contribution in [0, 0.1) is 6.92 Å². The first kappa shape index (κ1) is 22.9. The molecular weight excluding hydrogens is 412 g/mol. The molecule has 0 aliphatic heterocycles. The molecule has 8 heteroatoms. The van der Waals surface area contributed by atoms with Gasteiger partial charge < -0.3 is 21.0 Å². The average Bonchev–Trinajstić information content (AvgIpc) is 2.73. The predicted molar refractivity (Wildman–Crippen MR) is 120 cm³/mol. The minimum Gasteiger partial charge on any atom is -0.480 e. The summed E-state index contributed by atoms with van der Waals surface area (Å²) in [4.78, 5) is 48.8. The number of anilines is 1. The minimum atomic E-state index is -1.15. The van der Waals surface area contributed by atoms with E-state index in [9.17, 15) is 19.2 Å². The van der Waals surface area contributed by atoms with Gasteiger partial charge in [-0.05, 0) is 43.0 Å². The number of hydrogen-bond donors (Lipinski definition) is 3. The number of fused-ring (bicyclic) bond motifs is 1. The van der Waals surface area contributed by atoms with E-state index in [0.717, 1.165) is 0 Å². The zero-order chi connectivity index (χ0) is 23.4. The zero-order valence-corrected chi connectivity index (χ0v) is 17.6. The number of nitrogens with two attached hydrogens (primary N) is 2. The van der Waals surface area contributed by atoms with Gasteiger partial charge in [0.15, 0.2) is 11.6 Å². The Hall–Kier alpha value is -3.78. The van der Waals surface area contributed by atoms with E-state index in [0.29, 0.717) is 33.3 Å². The number of ketones is 2. The van der Waals surface area contributed by atoms with Gasteiger partial charge in [-0.2, -0.15) is 0 Å². The molecule has 0 saturated carbocycles.